The molecule has 0 aromatic carbocycles. The summed E-state index contributed by atoms with van der Waals surface area (Å²) in [6, 6.07) is 0. The van der Waals surface area contributed by atoms with Gasteiger partial charge in [-0.15, -0.1) is 0 Å². The van der Waals surface area contributed by atoms with E-state index in [0.717, 1.165) is 0 Å². The lowest BCUT2D eigenvalue weighted by atomic mass is 10.4. The normalized spacial score (nSPS) is 19.4. The SMILES string of the molecule is CS(=O)(=O)N1CCN(C(=O)OI)CC1. The van der Waals surface area contributed by atoms with Gasteiger partial charge in [0, 0.05) is 26.2 Å². The van der Waals surface area contributed by atoms with Gasteiger partial charge in [0.15, 0.2) is 23.0 Å². The molecule has 0 spiro atoms. The maximum Gasteiger partial charge on any atom is 0.419 e. The zero-order valence-corrected chi connectivity index (χ0v) is 10.6. The number of carbonyl (C=O) groups is 1. The third-order valence-electron chi connectivity index (χ3n) is 2.03. The van der Waals surface area contributed by atoms with Crippen LogP contribution in [-0.4, -0.2) is 56.2 Å². The Hall–Kier alpha value is -0.0900. The Morgan fingerprint density at radius 2 is 1.79 bits per heavy atom. The van der Waals surface area contributed by atoms with E-state index in [0.29, 0.717) is 26.2 Å². The van der Waals surface area contributed by atoms with Crippen LogP contribution in [0.1, 0.15) is 0 Å². The van der Waals surface area contributed by atoms with Crippen LogP contribution in [0.5, 0.6) is 0 Å². The topological polar surface area (TPSA) is 66.9 Å². The second-order valence-corrected chi connectivity index (χ2v) is 5.41. The monoisotopic (exact) mass is 334 g/mol. The number of amides is 1. The van der Waals surface area contributed by atoms with Crippen molar-refractivity contribution in [3.05, 3.63) is 0 Å². The number of hydrogen-bond acceptors (Lipinski definition) is 4. The van der Waals surface area contributed by atoms with Crippen LogP contribution in [-0.2, 0) is 13.1 Å². The van der Waals surface area contributed by atoms with Crippen molar-refractivity contribution in [2.45, 2.75) is 0 Å². The molecule has 1 saturated heterocycles. The average molecular weight is 334 g/mol. The van der Waals surface area contributed by atoms with Crippen molar-refractivity contribution < 1.29 is 16.3 Å². The lowest BCUT2D eigenvalue weighted by molar-refractivity contribution is 0.145. The predicted octanol–water partition coefficient (Wildman–Crippen LogP) is 0.0502. The van der Waals surface area contributed by atoms with E-state index >= 15 is 0 Å². The van der Waals surface area contributed by atoms with Crippen LogP contribution in [0.25, 0.3) is 0 Å². The molecule has 0 saturated carbocycles. The molecule has 1 amide bonds. The highest BCUT2D eigenvalue weighted by molar-refractivity contribution is 14.1. The van der Waals surface area contributed by atoms with Crippen LogP contribution in [0.4, 0.5) is 4.79 Å². The summed E-state index contributed by atoms with van der Waals surface area (Å²) >= 11 is 1.51. The zero-order valence-electron chi connectivity index (χ0n) is 7.64. The Balaban J connectivity index is 2.51. The molecule has 1 heterocycles. The smallest absolute Gasteiger partial charge is 0.378 e. The highest BCUT2D eigenvalue weighted by Gasteiger charge is 2.26. The van der Waals surface area contributed by atoms with E-state index in [1.165, 1.54) is 38.5 Å². The largest absolute Gasteiger partial charge is 0.419 e. The van der Waals surface area contributed by atoms with Gasteiger partial charge in [-0.3, -0.25) is 0 Å². The van der Waals surface area contributed by atoms with E-state index in [1.54, 1.807) is 0 Å². The quantitative estimate of drug-likeness (QED) is 0.636. The average Bonchev–Trinajstić information content (AvgIpc) is 2.15. The first-order valence-electron chi connectivity index (χ1n) is 3.98. The molecule has 0 aromatic rings. The fourth-order valence-corrected chi connectivity index (χ4v) is 2.36. The van der Waals surface area contributed by atoms with Crippen molar-refractivity contribution in [1.82, 2.24) is 9.21 Å². The molecule has 8 heteroatoms. The molecule has 0 N–H and O–H groups in total. The van der Waals surface area contributed by atoms with Gasteiger partial charge in [0.05, 0.1) is 6.26 Å². The first kappa shape index (κ1) is 12.0. The zero-order chi connectivity index (χ0) is 10.8. The number of nitrogens with zero attached hydrogens (tertiary/aromatic N) is 2. The van der Waals surface area contributed by atoms with Crippen molar-refractivity contribution in [1.29, 1.82) is 0 Å². The fraction of sp³-hybridized carbons (Fsp3) is 0.833. The molecule has 0 bridgehead atoms. The highest BCUT2D eigenvalue weighted by Crippen LogP contribution is 2.08. The van der Waals surface area contributed by atoms with E-state index in [1.807, 2.05) is 0 Å². The molecule has 0 aliphatic carbocycles. The summed E-state index contributed by atoms with van der Waals surface area (Å²) in [5.74, 6) is 0. The fourth-order valence-electron chi connectivity index (χ4n) is 1.25. The third kappa shape index (κ3) is 2.95. The van der Waals surface area contributed by atoms with E-state index in [2.05, 4.69) is 3.07 Å². The van der Waals surface area contributed by atoms with Gasteiger partial charge in [-0.1, -0.05) is 0 Å². The highest BCUT2D eigenvalue weighted by atomic mass is 127. The minimum Gasteiger partial charge on any atom is -0.378 e. The van der Waals surface area contributed by atoms with Crippen molar-refractivity contribution in [2.75, 3.05) is 32.4 Å². The molecule has 0 aromatic heterocycles. The molecule has 1 rings (SSSR count). The molecular formula is C6H11IN2O4S. The van der Waals surface area contributed by atoms with Gasteiger partial charge in [-0.2, -0.15) is 4.31 Å². The molecule has 0 radical (unpaired) electrons. The second kappa shape index (κ2) is 4.62. The van der Waals surface area contributed by atoms with E-state index in [4.69, 9.17) is 0 Å². The summed E-state index contributed by atoms with van der Waals surface area (Å²) < 4.78 is 28.1. The van der Waals surface area contributed by atoms with Gasteiger partial charge >= 0.3 is 6.09 Å². The first-order chi connectivity index (χ1) is 6.45. The lowest BCUT2D eigenvalue weighted by Crippen LogP contribution is -2.49. The summed E-state index contributed by atoms with van der Waals surface area (Å²) in [5.41, 5.74) is 0. The molecular weight excluding hydrogens is 323 g/mol. The van der Waals surface area contributed by atoms with Crippen molar-refractivity contribution in [3.63, 3.8) is 0 Å². The van der Waals surface area contributed by atoms with Crippen LogP contribution in [0.15, 0.2) is 0 Å². The summed E-state index contributed by atoms with van der Waals surface area (Å²) in [7, 11) is -3.13. The maximum atomic E-state index is 11.1. The molecule has 1 fully saturated rings. The van der Waals surface area contributed by atoms with Gasteiger partial charge in [-0.05, 0) is 0 Å². The predicted molar refractivity (Wildman–Crippen MR) is 58.5 cm³/mol. The van der Waals surface area contributed by atoms with Gasteiger partial charge in [-0.25, -0.2) is 13.2 Å². The van der Waals surface area contributed by atoms with Crippen LogP contribution in [0.2, 0.25) is 0 Å². The Kier molecular flexibility index (Phi) is 3.95. The Bertz CT molecular complexity index is 310. The van der Waals surface area contributed by atoms with Gasteiger partial charge < -0.3 is 7.97 Å². The number of piperazine rings is 1. The molecule has 82 valence electrons. The molecule has 6 nitrogen and oxygen atoms in total. The second-order valence-electron chi connectivity index (χ2n) is 2.99. The van der Waals surface area contributed by atoms with E-state index in [-0.39, 0.29) is 0 Å². The third-order valence-corrected chi connectivity index (χ3v) is 3.71. The summed E-state index contributed by atoms with van der Waals surface area (Å²) in [4.78, 5) is 12.5. The van der Waals surface area contributed by atoms with Crippen LogP contribution < -0.4 is 0 Å². The first-order valence-corrected chi connectivity index (χ1v) is 6.70. The van der Waals surface area contributed by atoms with Gasteiger partial charge in [0.2, 0.25) is 10.0 Å². The number of halogens is 1. The number of sulfonamides is 1. The lowest BCUT2D eigenvalue weighted by Gasteiger charge is -2.31. The van der Waals surface area contributed by atoms with Crippen LogP contribution in [0.3, 0.4) is 0 Å². The molecule has 0 atom stereocenters. The minimum atomic E-state index is -3.13. The number of carbonyl (C=O) groups excluding carboxylic acids is 1. The molecule has 0 unspecified atom stereocenters. The summed E-state index contributed by atoms with van der Waals surface area (Å²) in [5, 5.41) is 0. The summed E-state index contributed by atoms with van der Waals surface area (Å²) in [6.45, 7) is 1.44. The Morgan fingerprint density at radius 1 is 1.29 bits per heavy atom. The van der Waals surface area contributed by atoms with Crippen molar-refractivity contribution in [3.8, 4) is 0 Å². The van der Waals surface area contributed by atoms with Crippen LogP contribution >= 0.6 is 23.0 Å². The maximum absolute atomic E-state index is 11.1. The Labute approximate surface area is 96.9 Å². The van der Waals surface area contributed by atoms with Gasteiger partial charge in [0.25, 0.3) is 0 Å². The minimum absolute atomic E-state index is 0.338. The van der Waals surface area contributed by atoms with Crippen molar-refractivity contribution >= 4 is 39.1 Å². The van der Waals surface area contributed by atoms with E-state index in [9.17, 15) is 13.2 Å². The number of hydrogen-bond donors (Lipinski definition) is 0. The van der Waals surface area contributed by atoms with Crippen molar-refractivity contribution in [2.24, 2.45) is 0 Å². The van der Waals surface area contributed by atoms with Gasteiger partial charge in [0.1, 0.15) is 0 Å². The van der Waals surface area contributed by atoms with E-state index < -0.39 is 16.1 Å². The van der Waals surface area contributed by atoms with Crippen LogP contribution in [0, 0.1) is 0 Å². The summed E-state index contributed by atoms with van der Waals surface area (Å²) in [6.07, 6.45) is 0.748. The molecule has 1 aliphatic heterocycles. The standard InChI is InChI=1S/C6H11IN2O4S/c1-14(11,12)9-4-2-8(3-5-9)6(10)13-7/h2-5H2,1H3. The number of rotatable bonds is 1. The molecule has 14 heavy (non-hydrogen) atoms. The molecule has 1 aliphatic rings. The Morgan fingerprint density at radius 3 is 2.14 bits per heavy atom.